The highest BCUT2D eigenvalue weighted by Gasteiger charge is 2.37. The number of carbonyl (C=O) groups is 1. The fourth-order valence-electron chi connectivity index (χ4n) is 1.47. The number of terminal acetylenes is 1. The molecule has 0 rings (SSSR count). The van der Waals surface area contributed by atoms with Gasteiger partial charge in [0.2, 0.25) is 5.78 Å². The molecular formula is C28H19AlO4. The van der Waals surface area contributed by atoms with Gasteiger partial charge in [0.15, 0.2) is 0 Å². The molecule has 158 valence electrons. The highest BCUT2D eigenvalue weighted by atomic mass is 27.3. The van der Waals surface area contributed by atoms with Crippen LogP contribution >= 0.6 is 0 Å². The second kappa shape index (κ2) is 19.7. The number of rotatable bonds is 7. The maximum atomic E-state index is 11.9. The second-order valence-corrected chi connectivity index (χ2v) is 7.40. The molecule has 0 atom stereocenters. The lowest BCUT2D eigenvalue weighted by molar-refractivity contribution is -0.109. The Morgan fingerprint density at radius 1 is 0.697 bits per heavy atom. The van der Waals surface area contributed by atoms with E-state index in [4.69, 9.17) is 17.8 Å². The summed E-state index contributed by atoms with van der Waals surface area (Å²) in [5.74, 6) is 41.1. The summed E-state index contributed by atoms with van der Waals surface area (Å²) in [6.07, 6.45) is 6.10. The van der Waals surface area contributed by atoms with Crippen LogP contribution in [0.15, 0.2) is 11.8 Å². The number of carbonyl (C=O) groups excluding carboxylic acids is 1. The Hall–Kier alpha value is -4.30. The molecule has 33 heavy (non-hydrogen) atoms. The van der Waals surface area contributed by atoms with Crippen LogP contribution in [0.3, 0.4) is 0 Å². The zero-order chi connectivity index (χ0) is 24.7. The lowest BCUT2D eigenvalue weighted by Crippen LogP contribution is -2.32. The predicted octanol–water partition coefficient (Wildman–Crippen LogP) is 1.97. The van der Waals surface area contributed by atoms with Crippen molar-refractivity contribution < 1.29 is 16.2 Å². The van der Waals surface area contributed by atoms with E-state index in [2.05, 4.69) is 101 Å². The minimum atomic E-state index is -2.39. The standard InChI is InChI=1S/C22H6O2.2C3H7O.Al/c1-3-4-5-6-7-8-9-10-11-12-13-14-15-16-17-18-19-22(24)20-21(2)23;2*1-3(2)4;/h1,20,23H,2H3;2*3H,1-2H3;/q;2*-1;+3/p-1/b21-20-;;;. The fourth-order valence-corrected chi connectivity index (χ4v) is 2.91. The highest BCUT2D eigenvalue weighted by Crippen LogP contribution is 2.07. The molecule has 0 saturated carbocycles. The first-order valence-electron chi connectivity index (χ1n) is 9.51. The van der Waals surface area contributed by atoms with Gasteiger partial charge in [-0.25, -0.2) is 0 Å². The van der Waals surface area contributed by atoms with Crippen molar-refractivity contribution in [3.63, 3.8) is 0 Å². The first-order valence-corrected chi connectivity index (χ1v) is 10.9. The molecule has 0 aliphatic heterocycles. The molecule has 0 aromatic carbocycles. The lowest BCUT2D eigenvalue weighted by atomic mass is 10.3. The minimum Gasteiger partial charge on any atom is -0.602 e. The Kier molecular flexibility index (Phi) is 17.1. The number of hydrogen-bond acceptors (Lipinski definition) is 4. The normalized spacial score (nSPS) is 7.88. The average Bonchev–Trinajstić information content (AvgIpc) is 2.72. The molecule has 0 unspecified atom stereocenters. The maximum Gasteiger partial charge on any atom is 1.00 e. The molecule has 4 nitrogen and oxygen atoms in total. The van der Waals surface area contributed by atoms with Crippen LogP contribution in [0.1, 0.15) is 34.6 Å². The molecule has 0 fully saturated rings. The van der Waals surface area contributed by atoms with Gasteiger partial charge in [-0.05, 0) is 135 Å². The van der Waals surface area contributed by atoms with E-state index >= 15 is 0 Å². The molecule has 0 radical (unpaired) electrons. The lowest BCUT2D eigenvalue weighted by Gasteiger charge is -2.18. The summed E-state index contributed by atoms with van der Waals surface area (Å²) in [7, 11) is 0. The maximum absolute atomic E-state index is 11.9. The average molecular weight is 446 g/mol. The third kappa shape index (κ3) is 20.7. The van der Waals surface area contributed by atoms with E-state index in [9.17, 15) is 4.79 Å². The van der Waals surface area contributed by atoms with E-state index in [1.807, 2.05) is 27.7 Å². The quantitative estimate of drug-likeness (QED) is 0.197. The second-order valence-electron chi connectivity index (χ2n) is 6.04. The van der Waals surface area contributed by atoms with E-state index in [-0.39, 0.29) is 12.2 Å². The van der Waals surface area contributed by atoms with E-state index in [0.29, 0.717) is 5.76 Å². The highest BCUT2D eigenvalue weighted by molar-refractivity contribution is 6.37. The van der Waals surface area contributed by atoms with E-state index in [0.717, 1.165) is 0 Å². The van der Waals surface area contributed by atoms with Crippen LogP contribution in [0.2, 0.25) is 0 Å². The van der Waals surface area contributed by atoms with Crippen molar-refractivity contribution in [2.75, 3.05) is 0 Å². The molecule has 0 amide bonds. The van der Waals surface area contributed by atoms with Gasteiger partial charge in [-0.15, -0.1) is 6.42 Å². The first kappa shape index (κ1) is 28.7. The van der Waals surface area contributed by atoms with Gasteiger partial charge in [0.1, 0.15) is 0 Å². The van der Waals surface area contributed by atoms with Gasteiger partial charge < -0.3 is 11.4 Å². The third-order valence-corrected chi connectivity index (χ3v) is 4.61. The molecule has 0 aliphatic carbocycles. The molecular weight excluding hydrogens is 427 g/mol. The van der Waals surface area contributed by atoms with Crippen molar-refractivity contribution in [2.45, 2.75) is 46.8 Å². The summed E-state index contributed by atoms with van der Waals surface area (Å²) in [5, 5.41) is 0. The molecule has 0 heterocycles. The summed E-state index contributed by atoms with van der Waals surface area (Å²) in [4.78, 5) is 11.9. The smallest absolute Gasteiger partial charge is 0.602 e. The van der Waals surface area contributed by atoms with Crippen LogP contribution in [0, 0.1) is 107 Å². The van der Waals surface area contributed by atoms with Crippen molar-refractivity contribution in [1.82, 2.24) is 0 Å². The SMILES string of the molecule is C#CC#CC#CC#CC#CC#CC#CC#CC#CC(=O)/C=C(/C)[O][Al]([O]C(C)C)[O]C(C)C. The number of allylic oxidation sites excluding steroid dienone is 2. The Labute approximate surface area is 202 Å². The molecule has 0 bridgehead atoms. The third-order valence-electron chi connectivity index (χ3n) is 2.52. The molecule has 0 aromatic rings. The minimum absolute atomic E-state index is 0.0455. The van der Waals surface area contributed by atoms with Crippen molar-refractivity contribution in [1.29, 1.82) is 0 Å². The zero-order valence-corrected chi connectivity index (χ0v) is 20.2. The van der Waals surface area contributed by atoms with Gasteiger partial charge in [-0.3, -0.25) is 4.79 Å². The van der Waals surface area contributed by atoms with Crippen LogP contribution in [-0.2, 0) is 16.2 Å². The molecule has 5 heteroatoms. The topological polar surface area (TPSA) is 44.8 Å². The van der Waals surface area contributed by atoms with Crippen molar-refractivity contribution >= 4 is 20.9 Å². The predicted molar refractivity (Wildman–Crippen MR) is 129 cm³/mol. The van der Waals surface area contributed by atoms with Gasteiger partial charge in [0.05, 0.1) is 5.76 Å². The van der Waals surface area contributed by atoms with E-state index in [1.54, 1.807) is 6.92 Å². The largest absolute Gasteiger partial charge is 1.00 e. The van der Waals surface area contributed by atoms with Gasteiger partial charge in [-0.2, -0.15) is 0 Å². The molecule has 0 spiro atoms. The summed E-state index contributed by atoms with van der Waals surface area (Å²) < 4.78 is 16.9. The zero-order valence-electron chi connectivity index (χ0n) is 19.0. The Morgan fingerprint density at radius 2 is 1.06 bits per heavy atom. The van der Waals surface area contributed by atoms with Gasteiger partial charge >= 0.3 is 15.1 Å². The summed E-state index contributed by atoms with van der Waals surface area (Å²) in [6, 6.07) is 0. The van der Waals surface area contributed by atoms with E-state index < -0.39 is 20.9 Å². The van der Waals surface area contributed by atoms with Crippen molar-refractivity contribution in [2.24, 2.45) is 0 Å². The van der Waals surface area contributed by atoms with E-state index in [1.165, 1.54) is 6.08 Å². The van der Waals surface area contributed by atoms with Crippen LogP contribution in [-0.4, -0.2) is 33.1 Å². The molecule has 0 aliphatic rings. The van der Waals surface area contributed by atoms with Crippen molar-refractivity contribution in [3.05, 3.63) is 11.8 Å². The van der Waals surface area contributed by atoms with Crippen LogP contribution < -0.4 is 0 Å². The van der Waals surface area contributed by atoms with Crippen LogP contribution in [0.4, 0.5) is 0 Å². The monoisotopic (exact) mass is 446 g/mol. The van der Waals surface area contributed by atoms with Crippen molar-refractivity contribution in [3.8, 4) is 107 Å². The molecule has 0 aromatic heterocycles. The Morgan fingerprint density at radius 3 is 1.42 bits per heavy atom. The fraction of sp³-hybridized carbons (Fsp3) is 0.250. The van der Waals surface area contributed by atoms with Crippen LogP contribution in [0.5, 0.6) is 0 Å². The Balaban J connectivity index is 4.72. The number of hydrogen-bond donors (Lipinski definition) is 0. The summed E-state index contributed by atoms with van der Waals surface area (Å²) in [6.45, 7) is 9.18. The Bertz CT molecular complexity index is 1270. The van der Waals surface area contributed by atoms with Gasteiger partial charge in [0.25, 0.3) is 0 Å². The summed E-state index contributed by atoms with van der Waals surface area (Å²) >= 11 is -2.39. The molecule has 0 N–H and O–H groups in total. The van der Waals surface area contributed by atoms with Gasteiger partial charge in [-0.1, -0.05) is 0 Å². The number of ketones is 1. The molecule has 0 saturated heterocycles. The van der Waals surface area contributed by atoms with Crippen LogP contribution in [0.25, 0.3) is 0 Å². The van der Waals surface area contributed by atoms with Gasteiger partial charge in [0, 0.05) is 18.3 Å². The summed E-state index contributed by atoms with van der Waals surface area (Å²) in [5.41, 5.74) is 0. The first-order chi connectivity index (χ1) is 15.8.